The van der Waals surface area contributed by atoms with Gasteiger partial charge in [0.2, 0.25) is 10.0 Å². The number of aromatic carboxylic acids is 1. The SMILES string of the molecule is O=C(O)c1cccc(NS(=O)(=O)c2ccc(S(=O)(=O)N3CCCCC3)cc2)c1. The zero-order chi connectivity index (χ0) is 20.4. The maximum atomic E-state index is 12.6. The Morgan fingerprint density at radius 1 is 0.893 bits per heavy atom. The third-order valence-electron chi connectivity index (χ3n) is 4.45. The van der Waals surface area contributed by atoms with Gasteiger partial charge in [-0.2, -0.15) is 4.31 Å². The van der Waals surface area contributed by atoms with Crippen LogP contribution < -0.4 is 4.72 Å². The Morgan fingerprint density at radius 3 is 2.11 bits per heavy atom. The van der Waals surface area contributed by atoms with Gasteiger partial charge in [0, 0.05) is 18.8 Å². The molecule has 1 fully saturated rings. The second kappa shape index (κ2) is 7.90. The lowest BCUT2D eigenvalue weighted by molar-refractivity contribution is 0.0697. The number of nitrogens with one attached hydrogen (secondary N) is 1. The molecule has 0 amide bonds. The fraction of sp³-hybridized carbons (Fsp3) is 0.278. The van der Waals surface area contributed by atoms with Crippen LogP contribution in [0.15, 0.2) is 58.3 Å². The molecule has 0 aliphatic carbocycles. The van der Waals surface area contributed by atoms with Gasteiger partial charge in [0.1, 0.15) is 0 Å². The van der Waals surface area contributed by atoms with Crippen LogP contribution in [0.5, 0.6) is 0 Å². The van der Waals surface area contributed by atoms with E-state index in [1.54, 1.807) is 0 Å². The van der Waals surface area contributed by atoms with Gasteiger partial charge in [0.25, 0.3) is 10.0 Å². The lowest BCUT2D eigenvalue weighted by Crippen LogP contribution is -2.35. The van der Waals surface area contributed by atoms with Crippen LogP contribution in [0.1, 0.15) is 29.6 Å². The van der Waals surface area contributed by atoms with Crippen LogP contribution in [0.25, 0.3) is 0 Å². The van der Waals surface area contributed by atoms with E-state index in [4.69, 9.17) is 5.11 Å². The number of hydrogen-bond acceptors (Lipinski definition) is 5. The Hall–Kier alpha value is -2.43. The van der Waals surface area contributed by atoms with Crippen molar-refractivity contribution in [2.45, 2.75) is 29.1 Å². The molecule has 0 spiro atoms. The molecular formula is C18H20N2O6S2. The minimum atomic E-state index is -3.99. The molecule has 1 aliphatic heterocycles. The summed E-state index contributed by atoms with van der Waals surface area (Å²) in [5, 5.41) is 9.00. The number of nitrogens with zero attached hydrogens (tertiary/aromatic N) is 1. The molecule has 2 N–H and O–H groups in total. The first kappa shape index (κ1) is 20.3. The van der Waals surface area contributed by atoms with Gasteiger partial charge in [-0.3, -0.25) is 4.72 Å². The van der Waals surface area contributed by atoms with Crippen molar-refractivity contribution >= 4 is 31.7 Å². The lowest BCUT2D eigenvalue weighted by atomic mass is 10.2. The van der Waals surface area contributed by atoms with Crippen LogP contribution >= 0.6 is 0 Å². The van der Waals surface area contributed by atoms with E-state index in [0.29, 0.717) is 13.1 Å². The van der Waals surface area contributed by atoms with E-state index in [0.717, 1.165) is 19.3 Å². The van der Waals surface area contributed by atoms with Crippen molar-refractivity contribution in [3.8, 4) is 0 Å². The van der Waals surface area contributed by atoms with Crippen LogP contribution in [-0.2, 0) is 20.0 Å². The summed E-state index contributed by atoms with van der Waals surface area (Å²) in [6, 6.07) is 10.4. The molecule has 0 radical (unpaired) electrons. The van der Waals surface area contributed by atoms with Crippen molar-refractivity contribution in [2.75, 3.05) is 17.8 Å². The molecule has 1 heterocycles. The number of carboxylic acids is 1. The molecule has 2 aromatic carbocycles. The first-order chi connectivity index (χ1) is 13.2. The fourth-order valence-electron chi connectivity index (χ4n) is 2.97. The smallest absolute Gasteiger partial charge is 0.335 e. The maximum absolute atomic E-state index is 12.6. The summed E-state index contributed by atoms with van der Waals surface area (Å²) in [4.78, 5) is 10.9. The van der Waals surface area contributed by atoms with Crippen LogP contribution in [0.4, 0.5) is 5.69 Å². The number of piperidine rings is 1. The Balaban J connectivity index is 1.82. The average molecular weight is 425 g/mol. The summed E-state index contributed by atoms with van der Waals surface area (Å²) in [5.41, 5.74) is 0.0492. The zero-order valence-electron chi connectivity index (χ0n) is 14.9. The fourth-order valence-corrected chi connectivity index (χ4v) is 5.54. The highest BCUT2D eigenvalue weighted by Crippen LogP contribution is 2.23. The van der Waals surface area contributed by atoms with Gasteiger partial charge in [-0.05, 0) is 55.3 Å². The van der Waals surface area contributed by atoms with E-state index >= 15 is 0 Å². The van der Waals surface area contributed by atoms with E-state index in [2.05, 4.69) is 4.72 Å². The highest BCUT2D eigenvalue weighted by molar-refractivity contribution is 7.92. The molecule has 10 heteroatoms. The number of benzene rings is 2. The molecule has 0 bridgehead atoms. The van der Waals surface area contributed by atoms with Crippen molar-refractivity contribution in [2.24, 2.45) is 0 Å². The van der Waals surface area contributed by atoms with Crippen LogP contribution in [0, 0.1) is 0 Å². The monoisotopic (exact) mass is 424 g/mol. The number of carboxylic acid groups (broad SMARTS) is 1. The van der Waals surface area contributed by atoms with Crippen molar-refractivity contribution < 1.29 is 26.7 Å². The highest BCUT2D eigenvalue weighted by Gasteiger charge is 2.26. The maximum Gasteiger partial charge on any atom is 0.335 e. The molecule has 8 nitrogen and oxygen atoms in total. The predicted molar refractivity (Wildman–Crippen MR) is 103 cm³/mol. The number of carbonyl (C=O) groups is 1. The molecule has 3 rings (SSSR count). The van der Waals surface area contributed by atoms with Crippen molar-refractivity contribution in [1.29, 1.82) is 0 Å². The van der Waals surface area contributed by atoms with Gasteiger partial charge in [-0.1, -0.05) is 12.5 Å². The number of sulfonamides is 2. The summed E-state index contributed by atoms with van der Waals surface area (Å²) in [6.45, 7) is 0.924. The molecule has 0 saturated carbocycles. The molecule has 2 aromatic rings. The van der Waals surface area contributed by atoms with Gasteiger partial charge in [-0.25, -0.2) is 21.6 Å². The molecule has 150 valence electrons. The lowest BCUT2D eigenvalue weighted by Gasteiger charge is -2.25. The molecule has 0 unspecified atom stereocenters. The van der Waals surface area contributed by atoms with Gasteiger partial charge in [0.05, 0.1) is 15.4 Å². The quantitative estimate of drug-likeness (QED) is 0.734. The standard InChI is InChI=1S/C18H20N2O6S2/c21-18(22)14-5-4-6-15(13-14)19-27(23,24)16-7-9-17(10-8-16)28(25,26)20-11-2-1-3-12-20/h4-10,13,19H,1-3,11-12H2,(H,21,22). The van der Waals surface area contributed by atoms with Crippen LogP contribution in [0.3, 0.4) is 0 Å². The first-order valence-electron chi connectivity index (χ1n) is 8.66. The number of rotatable bonds is 6. The third kappa shape index (κ3) is 4.34. The molecule has 28 heavy (non-hydrogen) atoms. The summed E-state index contributed by atoms with van der Waals surface area (Å²) in [7, 11) is -7.64. The highest BCUT2D eigenvalue weighted by atomic mass is 32.2. The summed E-state index contributed by atoms with van der Waals surface area (Å²) < 4.78 is 54.1. The summed E-state index contributed by atoms with van der Waals surface area (Å²) >= 11 is 0. The van der Waals surface area contributed by atoms with E-state index in [9.17, 15) is 21.6 Å². The Kier molecular flexibility index (Phi) is 5.73. The Morgan fingerprint density at radius 2 is 1.50 bits per heavy atom. The molecule has 1 aliphatic rings. The van der Waals surface area contributed by atoms with E-state index in [1.165, 1.54) is 52.8 Å². The van der Waals surface area contributed by atoms with E-state index in [-0.39, 0.29) is 21.0 Å². The van der Waals surface area contributed by atoms with E-state index in [1.807, 2.05) is 0 Å². The third-order valence-corrected chi connectivity index (χ3v) is 7.76. The van der Waals surface area contributed by atoms with Crippen molar-refractivity contribution in [3.05, 3.63) is 54.1 Å². The predicted octanol–water partition coefficient (Wildman–Crippen LogP) is 2.36. The van der Waals surface area contributed by atoms with Crippen LogP contribution in [-0.4, -0.2) is 45.3 Å². The number of anilines is 1. The van der Waals surface area contributed by atoms with Crippen LogP contribution in [0.2, 0.25) is 0 Å². The Labute approximate surface area is 163 Å². The van der Waals surface area contributed by atoms with E-state index < -0.39 is 26.0 Å². The van der Waals surface area contributed by atoms with Crippen molar-refractivity contribution in [1.82, 2.24) is 4.31 Å². The second-order valence-corrected chi connectivity index (χ2v) is 10.0. The molecule has 1 saturated heterocycles. The number of hydrogen-bond donors (Lipinski definition) is 2. The summed E-state index contributed by atoms with van der Waals surface area (Å²) in [5.74, 6) is -1.17. The normalized spacial score (nSPS) is 15.9. The Bertz CT molecular complexity index is 1070. The topological polar surface area (TPSA) is 121 Å². The minimum absolute atomic E-state index is 0.0428. The molecule has 0 aromatic heterocycles. The van der Waals surface area contributed by atoms with Gasteiger partial charge in [-0.15, -0.1) is 0 Å². The minimum Gasteiger partial charge on any atom is -0.478 e. The zero-order valence-corrected chi connectivity index (χ0v) is 16.5. The summed E-state index contributed by atoms with van der Waals surface area (Å²) in [6.07, 6.45) is 2.62. The second-order valence-electron chi connectivity index (χ2n) is 6.43. The average Bonchev–Trinajstić information content (AvgIpc) is 2.68. The first-order valence-corrected chi connectivity index (χ1v) is 11.6. The largest absolute Gasteiger partial charge is 0.478 e. The van der Waals surface area contributed by atoms with Gasteiger partial charge < -0.3 is 5.11 Å². The molecule has 0 atom stereocenters. The van der Waals surface area contributed by atoms with Gasteiger partial charge >= 0.3 is 5.97 Å². The molecular weight excluding hydrogens is 404 g/mol. The van der Waals surface area contributed by atoms with Crippen molar-refractivity contribution in [3.63, 3.8) is 0 Å². The van der Waals surface area contributed by atoms with Gasteiger partial charge in [0.15, 0.2) is 0 Å².